The van der Waals surface area contributed by atoms with Crippen molar-refractivity contribution in [2.24, 2.45) is 0 Å². The number of aromatic nitrogens is 1. The summed E-state index contributed by atoms with van der Waals surface area (Å²) in [6, 6.07) is 6.34. The first-order valence-electron chi connectivity index (χ1n) is 5.76. The second kappa shape index (κ2) is 5.24. The second-order valence-corrected chi connectivity index (χ2v) is 4.00. The van der Waals surface area contributed by atoms with Crippen molar-refractivity contribution in [2.45, 2.75) is 19.9 Å². The van der Waals surface area contributed by atoms with Crippen LogP contribution in [0.3, 0.4) is 0 Å². The highest BCUT2D eigenvalue weighted by Gasteiger charge is 2.10. The van der Waals surface area contributed by atoms with Crippen molar-refractivity contribution in [3.05, 3.63) is 29.6 Å². The maximum atomic E-state index is 4.62. The largest absolute Gasteiger partial charge is 0.314 e. The molecule has 0 aliphatic carbocycles. The van der Waals surface area contributed by atoms with Crippen LogP contribution in [0.2, 0.25) is 0 Å². The first-order valence-corrected chi connectivity index (χ1v) is 5.76. The number of hydrogen-bond donors (Lipinski definition) is 1. The molecule has 0 unspecified atom stereocenters. The summed E-state index contributed by atoms with van der Waals surface area (Å²) in [5.41, 5.74) is 2.40. The SMILES string of the molecule is CCc1cccc(CN2CCNCC2)n1. The molecule has 0 radical (unpaired) electrons. The number of aryl methyl sites for hydroxylation is 1. The minimum absolute atomic E-state index is 0.996. The van der Waals surface area contributed by atoms with E-state index >= 15 is 0 Å². The second-order valence-electron chi connectivity index (χ2n) is 4.00. The Balaban J connectivity index is 1.96. The van der Waals surface area contributed by atoms with Gasteiger partial charge in [-0.05, 0) is 18.6 Å². The third-order valence-electron chi connectivity index (χ3n) is 2.82. The van der Waals surface area contributed by atoms with Crippen LogP contribution in [0.5, 0.6) is 0 Å². The summed E-state index contributed by atoms with van der Waals surface area (Å²) in [7, 11) is 0. The Morgan fingerprint density at radius 2 is 2.00 bits per heavy atom. The number of hydrogen-bond acceptors (Lipinski definition) is 3. The first kappa shape index (κ1) is 10.6. The molecule has 1 aliphatic rings. The lowest BCUT2D eigenvalue weighted by Crippen LogP contribution is -2.43. The van der Waals surface area contributed by atoms with Gasteiger partial charge in [0.05, 0.1) is 5.69 Å². The van der Waals surface area contributed by atoms with E-state index in [2.05, 4.69) is 40.3 Å². The van der Waals surface area contributed by atoms with Crippen LogP contribution in [0.1, 0.15) is 18.3 Å². The molecule has 0 amide bonds. The summed E-state index contributed by atoms with van der Waals surface area (Å²) in [6.07, 6.45) is 1.02. The number of nitrogens with zero attached hydrogens (tertiary/aromatic N) is 2. The summed E-state index contributed by atoms with van der Waals surface area (Å²) in [6.45, 7) is 7.63. The molecule has 1 saturated heterocycles. The van der Waals surface area contributed by atoms with Crippen molar-refractivity contribution in [3.63, 3.8) is 0 Å². The highest BCUT2D eigenvalue weighted by Crippen LogP contribution is 2.05. The molecular weight excluding hydrogens is 186 g/mol. The highest BCUT2D eigenvalue weighted by atomic mass is 15.2. The number of nitrogens with one attached hydrogen (secondary N) is 1. The van der Waals surface area contributed by atoms with Crippen LogP contribution < -0.4 is 5.32 Å². The van der Waals surface area contributed by atoms with Crippen molar-refractivity contribution in [2.75, 3.05) is 26.2 Å². The third-order valence-corrected chi connectivity index (χ3v) is 2.82. The molecule has 1 fully saturated rings. The topological polar surface area (TPSA) is 28.2 Å². The van der Waals surface area contributed by atoms with Gasteiger partial charge in [-0.2, -0.15) is 0 Å². The van der Waals surface area contributed by atoms with Gasteiger partial charge < -0.3 is 5.32 Å². The van der Waals surface area contributed by atoms with Crippen molar-refractivity contribution < 1.29 is 0 Å². The van der Waals surface area contributed by atoms with Crippen molar-refractivity contribution in [1.29, 1.82) is 0 Å². The van der Waals surface area contributed by atoms with Gasteiger partial charge in [-0.3, -0.25) is 9.88 Å². The Hall–Kier alpha value is -0.930. The Kier molecular flexibility index (Phi) is 3.69. The van der Waals surface area contributed by atoms with Crippen molar-refractivity contribution in [3.8, 4) is 0 Å². The summed E-state index contributed by atoms with van der Waals surface area (Å²) < 4.78 is 0. The fourth-order valence-corrected chi connectivity index (χ4v) is 1.91. The van der Waals surface area contributed by atoms with Crippen molar-refractivity contribution >= 4 is 0 Å². The summed E-state index contributed by atoms with van der Waals surface area (Å²) in [4.78, 5) is 7.08. The molecule has 0 saturated carbocycles. The molecule has 0 bridgehead atoms. The van der Waals surface area contributed by atoms with Crippen LogP contribution >= 0.6 is 0 Å². The van der Waals surface area contributed by atoms with E-state index in [-0.39, 0.29) is 0 Å². The van der Waals surface area contributed by atoms with Gasteiger partial charge in [0.25, 0.3) is 0 Å². The van der Waals surface area contributed by atoms with Gasteiger partial charge >= 0.3 is 0 Å². The summed E-state index contributed by atoms with van der Waals surface area (Å²) in [5.74, 6) is 0. The molecule has 1 aromatic heterocycles. The van der Waals surface area contributed by atoms with Gasteiger partial charge in [0, 0.05) is 38.4 Å². The molecule has 3 heteroatoms. The predicted molar refractivity (Wildman–Crippen MR) is 61.8 cm³/mol. The van der Waals surface area contributed by atoms with Gasteiger partial charge in [-0.15, -0.1) is 0 Å². The zero-order valence-electron chi connectivity index (χ0n) is 9.37. The molecule has 15 heavy (non-hydrogen) atoms. The van der Waals surface area contributed by atoms with Gasteiger partial charge in [0.2, 0.25) is 0 Å². The number of pyridine rings is 1. The third kappa shape index (κ3) is 3.01. The van der Waals surface area contributed by atoms with Crippen LogP contribution in [-0.4, -0.2) is 36.1 Å². The lowest BCUT2D eigenvalue weighted by Gasteiger charge is -2.26. The molecular formula is C12H19N3. The molecule has 82 valence electrons. The van der Waals surface area contributed by atoms with Gasteiger partial charge in [-0.25, -0.2) is 0 Å². The fraction of sp³-hybridized carbons (Fsp3) is 0.583. The van der Waals surface area contributed by atoms with E-state index in [9.17, 15) is 0 Å². The lowest BCUT2D eigenvalue weighted by molar-refractivity contribution is 0.230. The van der Waals surface area contributed by atoms with E-state index < -0.39 is 0 Å². The average molecular weight is 205 g/mol. The molecule has 1 aliphatic heterocycles. The molecule has 2 rings (SSSR count). The van der Waals surface area contributed by atoms with Gasteiger partial charge in [0.1, 0.15) is 0 Å². The number of rotatable bonds is 3. The Labute approximate surface area is 91.5 Å². The molecule has 1 aromatic rings. The normalized spacial score (nSPS) is 17.9. The van der Waals surface area contributed by atoms with E-state index in [1.54, 1.807) is 0 Å². The average Bonchev–Trinajstić information content (AvgIpc) is 2.31. The van der Waals surface area contributed by atoms with Crippen LogP contribution in [-0.2, 0) is 13.0 Å². The minimum Gasteiger partial charge on any atom is -0.314 e. The van der Waals surface area contributed by atoms with Gasteiger partial charge in [0.15, 0.2) is 0 Å². The monoisotopic (exact) mass is 205 g/mol. The zero-order chi connectivity index (χ0) is 10.5. The smallest absolute Gasteiger partial charge is 0.0547 e. The van der Waals surface area contributed by atoms with Crippen LogP contribution in [0, 0.1) is 0 Å². The lowest BCUT2D eigenvalue weighted by atomic mass is 10.2. The first-order chi connectivity index (χ1) is 7.38. The standard InChI is InChI=1S/C12H19N3/c1-2-11-4-3-5-12(14-11)10-15-8-6-13-7-9-15/h3-5,13H,2,6-10H2,1H3. The van der Waals surface area contributed by atoms with E-state index in [0.717, 1.165) is 39.1 Å². The Morgan fingerprint density at radius 3 is 2.73 bits per heavy atom. The molecule has 0 atom stereocenters. The van der Waals surface area contributed by atoms with E-state index in [1.807, 2.05) is 0 Å². The highest BCUT2D eigenvalue weighted by molar-refractivity contribution is 5.11. The maximum absolute atomic E-state index is 4.62. The molecule has 1 N–H and O–H groups in total. The van der Waals surface area contributed by atoms with Crippen LogP contribution in [0.25, 0.3) is 0 Å². The zero-order valence-corrected chi connectivity index (χ0v) is 9.37. The Bertz CT molecular complexity index is 305. The van der Waals surface area contributed by atoms with Crippen molar-refractivity contribution in [1.82, 2.24) is 15.2 Å². The molecule has 0 aromatic carbocycles. The summed E-state index contributed by atoms with van der Waals surface area (Å²) in [5, 5.41) is 3.36. The summed E-state index contributed by atoms with van der Waals surface area (Å²) >= 11 is 0. The minimum atomic E-state index is 0.996. The van der Waals surface area contributed by atoms with Gasteiger partial charge in [-0.1, -0.05) is 13.0 Å². The van der Waals surface area contributed by atoms with E-state index in [1.165, 1.54) is 11.4 Å². The van der Waals surface area contributed by atoms with Crippen LogP contribution in [0.15, 0.2) is 18.2 Å². The fourth-order valence-electron chi connectivity index (χ4n) is 1.91. The Morgan fingerprint density at radius 1 is 1.27 bits per heavy atom. The van der Waals surface area contributed by atoms with E-state index in [4.69, 9.17) is 0 Å². The molecule has 2 heterocycles. The number of piperazine rings is 1. The molecule has 3 nitrogen and oxygen atoms in total. The van der Waals surface area contributed by atoms with Crippen LogP contribution in [0.4, 0.5) is 0 Å². The predicted octanol–water partition coefficient (Wildman–Crippen LogP) is 1.05. The van der Waals surface area contributed by atoms with E-state index in [0.29, 0.717) is 0 Å². The molecule has 0 spiro atoms. The maximum Gasteiger partial charge on any atom is 0.0547 e. The quantitative estimate of drug-likeness (QED) is 0.799.